The minimum Gasteiger partial charge on any atom is -0.493 e. The largest absolute Gasteiger partial charge is 0.493 e. The Kier molecular flexibility index (Phi) is 2.87. The Hall–Kier alpha value is -3.13. The predicted molar refractivity (Wildman–Crippen MR) is 73.9 cm³/mol. The maximum atomic E-state index is 5.39. The third kappa shape index (κ3) is 1.93. The molecule has 0 saturated carbocycles. The van der Waals surface area contributed by atoms with Gasteiger partial charge in [0.25, 0.3) is 0 Å². The van der Waals surface area contributed by atoms with E-state index in [2.05, 4.69) is 21.0 Å². The lowest BCUT2D eigenvalue weighted by Gasteiger charge is -2.06. The molecule has 1 N–H and O–H groups in total. The van der Waals surface area contributed by atoms with Gasteiger partial charge in [-0.3, -0.25) is 0 Å². The standard InChI is InChI=1S/C14H10N4O4/c1-19-11-4-9(5-12-14(11)22-18-20-12)13-10(7-17-21-13)8-2-3-15-16-6-8/h2-7,18H,1H3. The van der Waals surface area contributed by atoms with Gasteiger partial charge in [-0.2, -0.15) is 10.2 Å². The molecule has 0 aliphatic carbocycles. The van der Waals surface area contributed by atoms with Crippen LogP contribution in [0.5, 0.6) is 17.2 Å². The minimum absolute atomic E-state index is 0.484. The number of ether oxygens (including phenoxy) is 1. The van der Waals surface area contributed by atoms with E-state index in [-0.39, 0.29) is 0 Å². The highest BCUT2D eigenvalue weighted by Crippen LogP contribution is 2.44. The van der Waals surface area contributed by atoms with Crippen LogP contribution in [0.3, 0.4) is 0 Å². The Morgan fingerprint density at radius 1 is 1.09 bits per heavy atom. The molecule has 0 spiro atoms. The first-order chi connectivity index (χ1) is 10.9. The molecule has 0 fully saturated rings. The van der Waals surface area contributed by atoms with Crippen LogP contribution in [0.1, 0.15) is 0 Å². The van der Waals surface area contributed by atoms with Gasteiger partial charge in [0.2, 0.25) is 11.5 Å². The van der Waals surface area contributed by atoms with Gasteiger partial charge in [-0.25, -0.2) is 0 Å². The molecule has 8 heteroatoms. The summed E-state index contributed by atoms with van der Waals surface area (Å²) in [6.07, 6.45) is 4.87. The van der Waals surface area contributed by atoms with Gasteiger partial charge >= 0.3 is 0 Å². The molecular weight excluding hydrogens is 288 g/mol. The highest BCUT2D eigenvalue weighted by atomic mass is 16.9. The number of rotatable bonds is 3. The van der Waals surface area contributed by atoms with Gasteiger partial charge in [0.05, 0.1) is 31.3 Å². The summed E-state index contributed by atoms with van der Waals surface area (Å²) >= 11 is 0. The molecule has 1 aliphatic rings. The number of fused-ring (bicyclic) bond motifs is 1. The second kappa shape index (κ2) is 5.01. The van der Waals surface area contributed by atoms with Gasteiger partial charge in [0, 0.05) is 16.8 Å². The third-order valence-electron chi connectivity index (χ3n) is 3.26. The summed E-state index contributed by atoms with van der Waals surface area (Å²) in [6.45, 7) is 0. The van der Waals surface area contributed by atoms with Crippen LogP contribution in [-0.4, -0.2) is 22.5 Å². The van der Waals surface area contributed by atoms with Crippen molar-refractivity contribution in [1.82, 2.24) is 21.0 Å². The first-order valence-electron chi connectivity index (χ1n) is 6.39. The van der Waals surface area contributed by atoms with Gasteiger partial charge in [0.15, 0.2) is 11.5 Å². The number of hydrogen-bond acceptors (Lipinski definition) is 8. The van der Waals surface area contributed by atoms with E-state index in [9.17, 15) is 0 Å². The Bertz CT molecular complexity index is 819. The molecule has 0 unspecified atom stereocenters. The van der Waals surface area contributed by atoms with Crippen molar-refractivity contribution < 1.29 is 18.9 Å². The zero-order valence-electron chi connectivity index (χ0n) is 11.4. The zero-order valence-corrected chi connectivity index (χ0v) is 11.4. The second-order valence-electron chi connectivity index (χ2n) is 4.49. The number of nitrogens with zero attached hydrogens (tertiary/aromatic N) is 3. The van der Waals surface area contributed by atoms with E-state index in [1.165, 1.54) is 0 Å². The van der Waals surface area contributed by atoms with Crippen molar-refractivity contribution in [3.05, 3.63) is 36.8 Å². The molecule has 0 atom stereocenters. The SMILES string of the molecule is COc1cc(-c2oncc2-c2ccnnc2)cc2c1ONO2. The maximum absolute atomic E-state index is 5.39. The Morgan fingerprint density at radius 3 is 2.86 bits per heavy atom. The summed E-state index contributed by atoms with van der Waals surface area (Å²) in [6, 6.07) is 5.39. The van der Waals surface area contributed by atoms with Crippen molar-refractivity contribution in [1.29, 1.82) is 0 Å². The van der Waals surface area contributed by atoms with Crippen molar-refractivity contribution in [2.45, 2.75) is 0 Å². The second-order valence-corrected chi connectivity index (χ2v) is 4.49. The average Bonchev–Trinajstić information content (AvgIpc) is 3.23. The molecule has 0 bridgehead atoms. The van der Waals surface area contributed by atoms with E-state index < -0.39 is 0 Å². The van der Waals surface area contributed by atoms with Gasteiger partial charge in [0.1, 0.15) is 0 Å². The number of hydrogen-bond donors (Lipinski definition) is 1. The van der Waals surface area contributed by atoms with E-state index in [1.807, 2.05) is 6.07 Å². The molecule has 1 aliphatic heterocycles. The van der Waals surface area contributed by atoms with E-state index in [0.717, 1.165) is 16.7 Å². The van der Waals surface area contributed by atoms with Crippen LogP contribution in [0.15, 0.2) is 41.3 Å². The number of benzene rings is 1. The van der Waals surface area contributed by atoms with Crippen LogP contribution in [0.25, 0.3) is 22.5 Å². The molecule has 3 aromatic rings. The molecular formula is C14H10N4O4. The van der Waals surface area contributed by atoms with Crippen LogP contribution in [0.2, 0.25) is 0 Å². The molecule has 3 heterocycles. The molecule has 110 valence electrons. The van der Waals surface area contributed by atoms with Gasteiger partial charge in [-0.05, 0) is 18.2 Å². The highest BCUT2D eigenvalue weighted by Gasteiger charge is 2.24. The van der Waals surface area contributed by atoms with E-state index >= 15 is 0 Å². The van der Waals surface area contributed by atoms with Gasteiger partial charge in [-0.1, -0.05) is 5.16 Å². The topological polar surface area (TPSA) is 91.5 Å². The Morgan fingerprint density at radius 2 is 2.05 bits per heavy atom. The Labute approximate surface area is 124 Å². The summed E-state index contributed by atoms with van der Waals surface area (Å²) in [4.78, 5) is 10.3. The summed E-state index contributed by atoms with van der Waals surface area (Å²) in [5.41, 5.74) is 4.72. The van der Waals surface area contributed by atoms with Gasteiger partial charge < -0.3 is 18.9 Å². The minimum atomic E-state index is 0.484. The van der Waals surface area contributed by atoms with E-state index in [0.29, 0.717) is 23.0 Å². The van der Waals surface area contributed by atoms with Crippen LogP contribution in [-0.2, 0) is 0 Å². The molecule has 8 nitrogen and oxygen atoms in total. The van der Waals surface area contributed by atoms with Crippen LogP contribution in [0, 0.1) is 0 Å². The molecule has 0 saturated heterocycles. The quantitative estimate of drug-likeness (QED) is 0.785. The van der Waals surface area contributed by atoms with E-state index in [1.54, 1.807) is 37.8 Å². The molecule has 0 amide bonds. The summed E-state index contributed by atoms with van der Waals surface area (Å²) < 4.78 is 10.7. The highest BCUT2D eigenvalue weighted by molar-refractivity contribution is 5.80. The van der Waals surface area contributed by atoms with Crippen molar-refractivity contribution in [3.8, 4) is 39.7 Å². The third-order valence-corrected chi connectivity index (χ3v) is 3.26. The lowest BCUT2D eigenvalue weighted by Crippen LogP contribution is -2.14. The summed E-state index contributed by atoms with van der Waals surface area (Å²) in [5.74, 6) is 2.08. The number of aromatic nitrogens is 3. The van der Waals surface area contributed by atoms with Gasteiger partial charge in [-0.15, -0.1) is 0 Å². The molecule has 0 radical (unpaired) electrons. The first-order valence-corrected chi connectivity index (χ1v) is 6.39. The number of nitrogens with one attached hydrogen (secondary N) is 1. The normalized spacial score (nSPS) is 12.4. The molecule has 1 aromatic carbocycles. The van der Waals surface area contributed by atoms with Crippen molar-refractivity contribution >= 4 is 0 Å². The molecule has 22 heavy (non-hydrogen) atoms. The monoisotopic (exact) mass is 298 g/mol. The first kappa shape index (κ1) is 12.6. The average molecular weight is 298 g/mol. The summed E-state index contributed by atoms with van der Waals surface area (Å²) in [5, 5.41) is 11.5. The Balaban J connectivity index is 1.86. The lowest BCUT2D eigenvalue weighted by atomic mass is 10.0. The smallest absolute Gasteiger partial charge is 0.237 e. The summed E-state index contributed by atoms with van der Waals surface area (Å²) in [7, 11) is 1.55. The fourth-order valence-corrected chi connectivity index (χ4v) is 2.25. The number of methoxy groups -OCH3 is 1. The maximum Gasteiger partial charge on any atom is 0.237 e. The molecule has 4 rings (SSSR count). The lowest BCUT2D eigenvalue weighted by molar-refractivity contribution is 0.0248. The van der Waals surface area contributed by atoms with Crippen molar-refractivity contribution in [3.63, 3.8) is 0 Å². The zero-order chi connectivity index (χ0) is 14.9. The van der Waals surface area contributed by atoms with Crippen LogP contribution in [0.4, 0.5) is 0 Å². The van der Waals surface area contributed by atoms with Crippen molar-refractivity contribution in [2.24, 2.45) is 0 Å². The fourth-order valence-electron chi connectivity index (χ4n) is 2.25. The van der Waals surface area contributed by atoms with Crippen LogP contribution < -0.4 is 20.1 Å². The fraction of sp³-hybridized carbons (Fsp3) is 0.0714. The predicted octanol–water partition coefficient (Wildman–Crippen LogP) is 2.00. The van der Waals surface area contributed by atoms with E-state index in [4.69, 9.17) is 18.9 Å². The van der Waals surface area contributed by atoms with Crippen LogP contribution >= 0.6 is 0 Å². The van der Waals surface area contributed by atoms with Crippen molar-refractivity contribution in [2.75, 3.05) is 7.11 Å². The molecule has 2 aromatic heterocycles.